The monoisotopic (exact) mass is 240 g/mol. The van der Waals surface area contributed by atoms with E-state index in [1.54, 1.807) is 4.90 Å². The topological polar surface area (TPSA) is 41.6 Å². The Morgan fingerprint density at radius 3 is 2.29 bits per heavy atom. The normalized spacial score (nSPS) is 22.6. The van der Waals surface area contributed by atoms with Gasteiger partial charge in [0.15, 0.2) is 0 Å². The molecule has 0 aromatic rings. The fourth-order valence-corrected chi connectivity index (χ4v) is 2.49. The molecule has 0 spiro atoms. The summed E-state index contributed by atoms with van der Waals surface area (Å²) in [6, 6.07) is 1.16. The fraction of sp³-hybridized carbons (Fsp3) is 0.923. The largest absolute Gasteiger partial charge is 0.444 e. The third kappa shape index (κ3) is 3.60. The fourth-order valence-electron chi connectivity index (χ4n) is 2.49. The quantitative estimate of drug-likeness (QED) is 0.804. The van der Waals surface area contributed by atoms with Crippen LogP contribution >= 0.6 is 0 Å². The Balaban J connectivity index is 1.66. The van der Waals surface area contributed by atoms with E-state index in [1.165, 1.54) is 25.7 Å². The molecule has 1 heterocycles. The average Bonchev–Trinajstić information content (AvgIpc) is 2.59. The molecule has 0 unspecified atom stereocenters. The van der Waals surface area contributed by atoms with E-state index in [9.17, 15) is 4.79 Å². The number of carbonyl (C=O) groups is 1. The number of nitrogens with one attached hydrogen (secondary N) is 1. The predicted molar refractivity (Wildman–Crippen MR) is 67.0 cm³/mol. The Morgan fingerprint density at radius 1 is 1.18 bits per heavy atom. The lowest BCUT2D eigenvalue weighted by atomic mass is 10.1. The number of hydrogen-bond donors (Lipinski definition) is 1. The molecule has 0 radical (unpaired) electrons. The van der Waals surface area contributed by atoms with Gasteiger partial charge in [-0.1, -0.05) is 12.8 Å². The van der Waals surface area contributed by atoms with Gasteiger partial charge in [0.1, 0.15) is 5.60 Å². The van der Waals surface area contributed by atoms with Crippen LogP contribution in [0.1, 0.15) is 46.5 Å². The molecule has 4 heteroatoms. The Labute approximate surface area is 104 Å². The summed E-state index contributed by atoms with van der Waals surface area (Å²) in [5.74, 6) is 0. The van der Waals surface area contributed by atoms with Gasteiger partial charge < -0.3 is 15.0 Å². The van der Waals surface area contributed by atoms with Gasteiger partial charge in [-0.05, 0) is 33.6 Å². The molecule has 2 fully saturated rings. The van der Waals surface area contributed by atoms with E-state index in [1.807, 2.05) is 20.8 Å². The molecular weight excluding hydrogens is 216 g/mol. The summed E-state index contributed by atoms with van der Waals surface area (Å²) in [4.78, 5) is 13.5. The number of ether oxygens (including phenoxy) is 1. The maximum Gasteiger partial charge on any atom is 0.410 e. The molecule has 1 N–H and O–H groups in total. The van der Waals surface area contributed by atoms with Crippen molar-refractivity contribution in [2.24, 2.45) is 0 Å². The van der Waals surface area contributed by atoms with Gasteiger partial charge in [0.25, 0.3) is 0 Å². The van der Waals surface area contributed by atoms with E-state index >= 15 is 0 Å². The van der Waals surface area contributed by atoms with Gasteiger partial charge >= 0.3 is 6.09 Å². The maximum atomic E-state index is 11.7. The molecular formula is C13H24N2O2. The highest BCUT2D eigenvalue weighted by Gasteiger charge is 2.34. The summed E-state index contributed by atoms with van der Waals surface area (Å²) in [5, 5.41) is 3.61. The maximum absolute atomic E-state index is 11.7. The minimum atomic E-state index is -0.388. The summed E-state index contributed by atoms with van der Waals surface area (Å²) in [5.41, 5.74) is -0.388. The van der Waals surface area contributed by atoms with Crippen molar-refractivity contribution in [2.45, 2.75) is 64.1 Å². The molecule has 2 rings (SSSR count). The summed E-state index contributed by atoms with van der Waals surface area (Å²) in [6.07, 6.45) is 5.11. The summed E-state index contributed by atoms with van der Waals surface area (Å²) < 4.78 is 5.32. The van der Waals surface area contributed by atoms with Crippen molar-refractivity contribution in [1.29, 1.82) is 0 Å². The van der Waals surface area contributed by atoms with Crippen molar-refractivity contribution in [1.82, 2.24) is 10.2 Å². The molecule has 1 saturated carbocycles. The zero-order valence-electron chi connectivity index (χ0n) is 11.2. The third-order valence-corrected chi connectivity index (χ3v) is 3.36. The Hall–Kier alpha value is -0.770. The number of rotatable bonds is 2. The van der Waals surface area contributed by atoms with Crippen LogP contribution in [0.5, 0.6) is 0 Å². The molecule has 0 aromatic carbocycles. The molecule has 17 heavy (non-hydrogen) atoms. The minimum Gasteiger partial charge on any atom is -0.444 e. The highest BCUT2D eigenvalue weighted by molar-refractivity contribution is 5.69. The number of likely N-dealkylation sites (tertiary alicyclic amines) is 1. The van der Waals surface area contributed by atoms with E-state index in [0.717, 1.165) is 13.1 Å². The standard InChI is InChI=1S/C13H24N2O2/c1-13(2,3)17-12(16)15-8-11(9-15)14-10-6-4-5-7-10/h10-11,14H,4-9H2,1-3H3. The number of carbonyl (C=O) groups excluding carboxylic acids is 1. The second kappa shape index (κ2) is 4.84. The lowest BCUT2D eigenvalue weighted by Gasteiger charge is -2.41. The van der Waals surface area contributed by atoms with E-state index in [-0.39, 0.29) is 11.7 Å². The molecule has 0 bridgehead atoms. The van der Waals surface area contributed by atoms with Crippen molar-refractivity contribution in [3.63, 3.8) is 0 Å². The van der Waals surface area contributed by atoms with Crippen LogP contribution in [-0.4, -0.2) is 41.8 Å². The Morgan fingerprint density at radius 2 is 1.76 bits per heavy atom. The Kier molecular flexibility index (Phi) is 3.61. The molecule has 0 atom stereocenters. The number of nitrogens with zero attached hydrogens (tertiary/aromatic N) is 1. The van der Waals surface area contributed by atoms with E-state index in [4.69, 9.17) is 4.74 Å². The van der Waals surface area contributed by atoms with Crippen molar-refractivity contribution < 1.29 is 9.53 Å². The molecule has 2 aliphatic rings. The van der Waals surface area contributed by atoms with Crippen molar-refractivity contribution in [3.05, 3.63) is 0 Å². The van der Waals surface area contributed by atoms with E-state index in [0.29, 0.717) is 12.1 Å². The lowest BCUT2D eigenvalue weighted by Crippen LogP contribution is -2.62. The van der Waals surface area contributed by atoms with Crippen molar-refractivity contribution in [3.8, 4) is 0 Å². The molecule has 1 aliphatic heterocycles. The number of hydrogen-bond acceptors (Lipinski definition) is 3. The first-order valence-corrected chi connectivity index (χ1v) is 6.68. The third-order valence-electron chi connectivity index (χ3n) is 3.36. The summed E-state index contributed by atoms with van der Waals surface area (Å²) >= 11 is 0. The van der Waals surface area contributed by atoms with Crippen molar-refractivity contribution >= 4 is 6.09 Å². The predicted octanol–water partition coefficient (Wildman–Crippen LogP) is 2.14. The van der Waals surface area contributed by atoms with Gasteiger partial charge in [0.2, 0.25) is 0 Å². The molecule has 4 nitrogen and oxygen atoms in total. The average molecular weight is 240 g/mol. The highest BCUT2D eigenvalue weighted by atomic mass is 16.6. The molecule has 1 amide bonds. The van der Waals surface area contributed by atoms with Gasteiger partial charge in [0, 0.05) is 25.2 Å². The first kappa shape index (κ1) is 12.7. The smallest absolute Gasteiger partial charge is 0.410 e. The molecule has 98 valence electrons. The van der Waals surface area contributed by atoms with Crippen molar-refractivity contribution in [2.75, 3.05) is 13.1 Å². The van der Waals surface area contributed by atoms with Gasteiger partial charge in [-0.3, -0.25) is 0 Å². The summed E-state index contributed by atoms with van der Waals surface area (Å²) in [6.45, 7) is 7.30. The molecule has 1 saturated heterocycles. The summed E-state index contributed by atoms with van der Waals surface area (Å²) in [7, 11) is 0. The number of amides is 1. The van der Waals surface area contributed by atoms with Crippen LogP contribution < -0.4 is 5.32 Å². The first-order chi connectivity index (χ1) is 7.94. The second-order valence-corrected chi connectivity index (χ2v) is 6.23. The van der Waals surface area contributed by atoms with Crippen LogP contribution in [0.4, 0.5) is 4.79 Å². The first-order valence-electron chi connectivity index (χ1n) is 6.68. The SMILES string of the molecule is CC(C)(C)OC(=O)N1CC(NC2CCCC2)C1. The zero-order chi connectivity index (χ0) is 12.5. The van der Waals surface area contributed by atoms with Crippen LogP contribution in [0.15, 0.2) is 0 Å². The molecule has 1 aliphatic carbocycles. The van der Waals surface area contributed by atoms with Gasteiger partial charge in [-0.25, -0.2) is 4.79 Å². The Bertz CT molecular complexity index is 274. The van der Waals surface area contributed by atoms with Crippen LogP contribution in [0.3, 0.4) is 0 Å². The van der Waals surface area contributed by atoms with Gasteiger partial charge in [-0.15, -0.1) is 0 Å². The minimum absolute atomic E-state index is 0.179. The van der Waals surface area contributed by atoms with Gasteiger partial charge in [-0.2, -0.15) is 0 Å². The highest BCUT2D eigenvalue weighted by Crippen LogP contribution is 2.21. The lowest BCUT2D eigenvalue weighted by molar-refractivity contribution is 0.00423. The van der Waals surface area contributed by atoms with Crippen LogP contribution in [-0.2, 0) is 4.74 Å². The van der Waals surface area contributed by atoms with E-state index in [2.05, 4.69) is 5.32 Å². The van der Waals surface area contributed by atoms with Gasteiger partial charge in [0.05, 0.1) is 0 Å². The van der Waals surface area contributed by atoms with Crippen LogP contribution in [0.25, 0.3) is 0 Å². The van der Waals surface area contributed by atoms with Crippen LogP contribution in [0.2, 0.25) is 0 Å². The molecule has 0 aromatic heterocycles. The second-order valence-electron chi connectivity index (χ2n) is 6.23. The zero-order valence-corrected chi connectivity index (χ0v) is 11.2. The van der Waals surface area contributed by atoms with Crippen LogP contribution in [0, 0.1) is 0 Å². The van der Waals surface area contributed by atoms with E-state index < -0.39 is 0 Å².